The van der Waals surface area contributed by atoms with Gasteiger partial charge >= 0.3 is 0 Å². The molecule has 11 nitrogen and oxygen atoms in total. The first-order valence-electron chi connectivity index (χ1n) is 16.3. The molecule has 3 aromatic rings. The van der Waals surface area contributed by atoms with Gasteiger partial charge < -0.3 is 19.5 Å². The van der Waals surface area contributed by atoms with E-state index in [4.69, 9.17) is 9.47 Å². The molecule has 3 aromatic carbocycles. The Morgan fingerprint density at radius 3 is 2.31 bits per heavy atom. The lowest BCUT2D eigenvalue weighted by atomic mass is 10.0. The Balaban J connectivity index is 1.67. The van der Waals surface area contributed by atoms with Gasteiger partial charge in [0.15, 0.2) is 0 Å². The fourth-order valence-corrected chi connectivity index (χ4v) is 7.75. The summed E-state index contributed by atoms with van der Waals surface area (Å²) in [7, 11) is -6.46. The van der Waals surface area contributed by atoms with Crippen molar-refractivity contribution in [3.63, 3.8) is 0 Å². The van der Waals surface area contributed by atoms with Gasteiger partial charge in [0.05, 0.1) is 40.2 Å². The van der Waals surface area contributed by atoms with Crippen molar-refractivity contribution < 1.29 is 40.6 Å². The Bertz CT molecular complexity index is 1790. The first kappa shape index (κ1) is 38.2. The molecule has 14 heteroatoms. The number of fused-ring (bicyclic) bond motifs is 1. The molecule has 2 N–H and O–H groups in total. The zero-order valence-electron chi connectivity index (χ0n) is 28.5. The summed E-state index contributed by atoms with van der Waals surface area (Å²) < 4.78 is 82.8. The summed E-state index contributed by atoms with van der Waals surface area (Å²) in [6.07, 6.45) is 1.16. The maximum absolute atomic E-state index is 14.4. The number of amides is 1. The summed E-state index contributed by atoms with van der Waals surface area (Å²) in [4.78, 5) is 15.8. The van der Waals surface area contributed by atoms with E-state index >= 15 is 0 Å². The van der Waals surface area contributed by atoms with E-state index in [0.29, 0.717) is 19.4 Å². The number of carbonyl (C=O) groups is 1. The molecule has 49 heavy (non-hydrogen) atoms. The first-order valence-corrected chi connectivity index (χ1v) is 19.2. The number of halogens is 1. The summed E-state index contributed by atoms with van der Waals surface area (Å²) >= 11 is 0. The Kier molecular flexibility index (Phi) is 12.8. The van der Waals surface area contributed by atoms with Crippen molar-refractivity contribution in [1.29, 1.82) is 0 Å². The number of nitrogens with one attached hydrogen (secondary N) is 1. The van der Waals surface area contributed by atoms with E-state index in [0.717, 1.165) is 36.2 Å². The molecule has 1 amide bonds. The van der Waals surface area contributed by atoms with Crippen molar-refractivity contribution in [2.24, 2.45) is 5.92 Å². The van der Waals surface area contributed by atoms with Gasteiger partial charge in [0, 0.05) is 38.3 Å². The molecule has 0 fully saturated rings. The monoisotopic (exact) mass is 719 g/mol. The minimum atomic E-state index is -4.12. The maximum Gasteiger partial charge on any atom is 0.261 e. The van der Waals surface area contributed by atoms with Crippen LogP contribution in [-0.4, -0.2) is 88.7 Å². The van der Waals surface area contributed by atoms with Gasteiger partial charge in [0.2, 0.25) is 10.0 Å². The van der Waals surface area contributed by atoms with Gasteiger partial charge in [-0.25, -0.2) is 21.2 Å². The van der Waals surface area contributed by atoms with Gasteiger partial charge in [-0.3, -0.25) is 9.52 Å². The second kappa shape index (κ2) is 16.4. The molecule has 268 valence electrons. The highest BCUT2D eigenvalue weighted by molar-refractivity contribution is 7.92. The van der Waals surface area contributed by atoms with Gasteiger partial charge in [-0.15, -0.1) is 0 Å². The lowest BCUT2D eigenvalue weighted by Gasteiger charge is -2.35. The largest absolute Gasteiger partial charge is 0.490 e. The Morgan fingerprint density at radius 2 is 1.65 bits per heavy atom. The highest BCUT2D eigenvalue weighted by Gasteiger charge is 2.32. The third kappa shape index (κ3) is 9.79. The van der Waals surface area contributed by atoms with Crippen LogP contribution in [0.15, 0.2) is 76.5 Å². The number of nitrogens with zero attached hydrogens (tertiary/aromatic N) is 2. The molecule has 0 saturated heterocycles. The third-order valence-electron chi connectivity index (χ3n) is 8.59. The lowest BCUT2D eigenvalue weighted by molar-refractivity contribution is -0.00833. The van der Waals surface area contributed by atoms with Gasteiger partial charge in [0.1, 0.15) is 11.6 Å². The number of likely N-dealkylation sites (N-methyl/N-ethyl adjacent to an activating group) is 1. The number of anilines is 1. The number of hydrogen-bond donors (Lipinski definition) is 2. The van der Waals surface area contributed by atoms with Crippen molar-refractivity contribution in [3.05, 3.63) is 83.7 Å². The number of aliphatic hydroxyl groups is 1. The van der Waals surface area contributed by atoms with Crippen LogP contribution < -0.4 is 9.46 Å². The molecule has 0 aliphatic carbocycles. The highest BCUT2D eigenvalue weighted by Crippen LogP contribution is 2.30. The summed E-state index contributed by atoms with van der Waals surface area (Å²) in [5, 5.41) is 10.2. The van der Waals surface area contributed by atoms with Crippen molar-refractivity contribution >= 4 is 31.6 Å². The number of ether oxygens (including phenoxy) is 2. The molecular weight excluding hydrogens is 674 g/mol. The van der Waals surface area contributed by atoms with Crippen LogP contribution in [0.4, 0.5) is 10.1 Å². The SMILES string of the molecule is Cc1ccc(S(=O)(=O)N(C)C[C@H]2OCCCC[C@@H](C)Oc3ccc(NS(=O)(=O)c4ccc(F)cc4)cc3C(=O)N([C@H](C)CO)C[C@H]2C)cc1. The van der Waals surface area contributed by atoms with E-state index in [2.05, 4.69) is 4.72 Å². The van der Waals surface area contributed by atoms with Gasteiger partial charge in [-0.2, -0.15) is 4.31 Å². The Labute approximate surface area is 289 Å². The number of sulfonamides is 2. The van der Waals surface area contributed by atoms with E-state index in [1.807, 2.05) is 20.8 Å². The van der Waals surface area contributed by atoms with E-state index in [9.17, 15) is 31.1 Å². The molecule has 0 saturated carbocycles. The Morgan fingerprint density at radius 1 is 1.00 bits per heavy atom. The van der Waals surface area contributed by atoms with Gasteiger partial charge in [0.25, 0.3) is 15.9 Å². The molecule has 0 aromatic heterocycles. The van der Waals surface area contributed by atoms with Crippen LogP contribution in [0.2, 0.25) is 0 Å². The molecule has 0 spiro atoms. The number of aliphatic hydroxyl groups excluding tert-OH is 1. The summed E-state index contributed by atoms with van der Waals surface area (Å²) in [6, 6.07) is 14.7. The number of aryl methyl sites for hydroxylation is 1. The predicted octanol–water partition coefficient (Wildman–Crippen LogP) is 5.05. The van der Waals surface area contributed by atoms with Crippen LogP contribution >= 0.6 is 0 Å². The molecule has 4 atom stereocenters. The second-order valence-electron chi connectivity index (χ2n) is 12.7. The van der Waals surface area contributed by atoms with E-state index in [-0.39, 0.29) is 58.5 Å². The second-order valence-corrected chi connectivity index (χ2v) is 16.4. The normalized spacial score (nSPS) is 20.6. The first-order chi connectivity index (χ1) is 23.1. The van der Waals surface area contributed by atoms with Crippen LogP contribution in [0, 0.1) is 18.7 Å². The minimum Gasteiger partial charge on any atom is -0.490 e. The molecule has 0 radical (unpaired) electrons. The van der Waals surface area contributed by atoms with Crippen molar-refractivity contribution in [1.82, 2.24) is 9.21 Å². The van der Waals surface area contributed by atoms with Crippen molar-refractivity contribution in [2.75, 3.05) is 38.1 Å². The number of hydrogen-bond acceptors (Lipinski definition) is 8. The van der Waals surface area contributed by atoms with E-state index in [1.165, 1.54) is 34.5 Å². The maximum atomic E-state index is 14.4. The molecule has 4 rings (SSSR count). The fourth-order valence-electron chi connectivity index (χ4n) is 5.52. The fraction of sp³-hybridized carbons (Fsp3) is 0.457. The highest BCUT2D eigenvalue weighted by atomic mass is 32.2. The lowest BCUT2D eigenvalue weighted by Crippen LogP contribution is -2.48. The average molecular weight is 720 g/mol. The molecular formula is C35H46FN3O8S2. The zero-order valence-corrected chi connectivity index (χ0v) is 30.1. The van der Waals surface area contributed by atoms with Gasteiger partial charge in [-0.1, -0.05) is 24.6 Å². The molecule has 0 unspecified atom stereocenters. The number of rotatable bonds is 9. The van der Waals surface area contributed by atoms with E-state index in [1.54, 1.807) is 31.2 Å². The van der Waals surface area contributed by atoms with Crippen LogP contribution in [0.5, 0.6) is 5.75 Å². The summed E-state index contributed by atoms with van der Waals surface area (Å²) in [5.41, 5.74) is 1.10. The average Bonchev–Trinajstić information content (AvgIpc) is 3.06. The standard InChI is InChI=1S/C35H46FN3O8S2/c1-24-9-14-31(15-10-24)49(44,45)38(5)22-34-25(2)21-39(26(3)23-40)35(41)32-20-29(37-48(42,43)30-16-11-28(36)12-17-30)13-18-33(32)47-27(4)8-6-7-19-46-34/h9-18,20,25-27,34,37,40H,6-8,19,21-23H2,1-5H3/t25-,26-,27-,34-/m1/s1. The Hall–Kier alpha value is -3.56. The van der Waals surface area contributed by atoms with Crippen LogP contribution in [0.3, 0.4) is 0 Å². The molecule has 1 aliphatic rings. The topological polar surface area (TPSA) is 143 Å². The molecule has 1 heterocycles. The predicted molar refractivity (Wildman–Crippen MR) is 185 cm³/mol. The molecule has 1 aliphatic heterocycles. The minimum absolute atomic E-state index is 0.0261. The van der Waals surface area contributed by atoms with E-state index < -0.39 is 43.9 Å². The summed E-state index contributed by atoms with van der Waals surface area (Å²) in [5.74, 6) is -1.24. The van der Waals surface area contributed by atoms with Crippen LogP contribution in [-0.2, 0) is 24.8 Å². The van der Waals surface area contributed by atoms with Crippen LogP contribution in [0.25, 0.3) is 0 Å². The smallest absolute Gasteiger partial charge is 0.261 e. The molecule has 0 bridgehead atoms. The number of carbonyl (C=O) groups excluding carboxylic acids is 1. The van der Waals surface area contributed by atoms with Crippen molar-refractivity contribution in [2.45, 2.75) is 75.0 Å². The summed E-state index contributed by atoms with van der Waals surface area (Å²) in [6.45, 7) is 7.41. The third-order valence-corrected chi connectivity index (χ3v) is 11.8. The van der Waals surface area contributed by atoms with Crippen LogP contribution in [0.1, 0.15) is 56.0 Å². The quantitative estimate of drug-likeness (QED) is 0.313. The van der Waals surface area contributed by atoms with Gasteiger partial charge in [-0.05, 0) is 94.6 Å². The van der Waals surface area contributed by atoms with Crippen molar-refractivity contribution in [3.8, 4) is 5.75 Å². The number of benzene rings is 3. The zero-order chi connectivity index (χ0) is 35.9.